The molecule has 0 radical (unpaired) electrons. The van der Waals surface area contributed by atoms with Crippen LogP contribution in [0.1, 0.15) is 24.8 Å². The summed E-state index contributed by atoms with van der Waals surface area (Å²) in [5.74, 6) is -0.768. The lowest BCUT2D eigenvalue weighted by Gasteiger charge is -2.20. The first-order chi connectivity index (χ1) is 9.13. The number of nitrogens with zero attached hydrogens (tertiary/aromatic N) is 3. The monoisotopic (exact) mass is 263 g/mol. The number of hydrogen-bond acceptors (Lipinski definition) is 4. The van der Waals surface area contributed by atoms with Crippen molar-refractivity contribution in [2.45, 2.75) is 31.8 Å². The molecular weight excluding hydrogens is 249 g/mol. The lowest BCUT2D eigenvalue weighted by molar-refractivity contribution is -0.387. The summed E-state index contributed by atoms with van der Waals surface area (Å²) in [4.78, 5) is 12.0. The van der Waals surface area contributed by atoms with Crippen LogP contribution in [0.25, 0.3) is 0 Å². The van der Waals surface area contributed by atoms with E-state index in [1.165, 1.54) is 6.07 Å². The highest BCUT2D eigenvalue weighted by atomic mass is 19.1. The predicted molar refractivity (Wildman–Crippen MR) is 66.7 cm³/mol. The van der Waals surface area contributed by atoms with E-state index in [1.807, 2.05) is 4.90 Å². The highest BCUT2D eigenvalue weighted by Crippen LogP contribution is 2.30. The van der Waals surface area contributed by atoms with Gasteiger partial charge < -0.3 is 0 Å². The maximum Gasteiger partial charge on any atom is 0.305 e. The van der Waals surface area contributed by atoms with Crippen molar-refractivity contribution < 1.29 is 9.31 Å². The summed E-state index contributed by atoms with van der Waals surface area (Å²) < 4.78 is 14.0. The topological polar surface area (TPSA) is 70.2 Å². The molecule has 6 heteroatoms. The van der Waals surface area contributed by atoms with Crippen molar-refractivity contribution in [3.63, 3.8) is 0 Å². The number of nitro groups is 1. The first-order valence-electron chi connectivity index (χ1n) is 6.16. The van der Waals surface area contributed by atoms with Crippen LogP contribution in [0.2, 0.25) is 0 Å². The zero-order chi connectivity index (χ0) is 13.8. The average Bonchev–Trinajstić information content (AvgIpc) is 3.20. The fourth-order valence-corrected chi connectivity index (χ4v) is 2.07. The molecule has 0 saturated heterocycles. The molecule has 0 amide bonds. The number of rotatable bonds is 6. The van der Waals surface area contributed by atoms with E-state index in [-0.39, 0.29) is 0 Å². The summed E-state index contributed by atoms with van der Waals surface area (Å²) in [6, 6.07) is 6.66. The summed E-state index contributed by atoms with van der Waals surface area (Å²) in [5, 5.41) is 19.3. The molecule has 1 aliphatic rings. The van der Waals surface area contributed by atoms with Crippen molar-refractivity contribution >= 4 is 5.69 Å². The number of nitriles is 1. The van der Waals surface area contributed by atoms with Gasteiger partial charge in [0.05, 0.1) is 11.0 Å². The van der Waals surface area contributed by atoms with E-state index in [4.69, 9.17) is 5.26 Å². The zero-order valence-electron chi connectivity index (χ0n) is 10.4. The number of nitro benzene ring substituents is 1. The lowest BCUT2D eigenvalue weighted by atomic mass is 10.1. The van der Waals surface area contributed by atoms with Crippen LogP contribution in [-0.2, 0) is 6.54 Å². The Balaban J connectivity index is 2.15. The Hall–Kier alpha value is -2.00. The fraction of sp³-hybridized carbons (Fsp3) is 0.462. The lowest BCUT2D eigenvalue weighted by Crippen LogP contribution is -2.27. The van der Waals surface area contributed by atoms with Crippen molar-refractivity contribution in [2.75, 3.05) is 6.54 Å². The Bertz CT molecular complexity index is 523. The Morgan fingerprint density at radius 3 is 2.84 bits per heavy atom. The molecule has 1 aromatic carbocycles. The molecular formula is C13H14FN3O2. The predicted octanol–water partition coefficient (Wildman–Crippen LogP) is 2.61. The Morgan fingerprint density at radius 1 is 1.53 bits per heavy atom. The molecule has 0 aliphatic heterocycles. The van der Waals surface area contributed by atoms with Gasteiger partial charge in [-0.3, -0.25) is 15.0 Å². The first-order valence-corrected chi connectivity index (χ1v) is 6.16. The molecule has 1 aromatic rings. The van der Waals surface area contributed by atoms with Crippen LogP contribution in [0.3, 0.4) is 0 Å². The van der Waals surface area contributed by atoms with E-state index in [0.717, 1.165) is 18.9 Å². The minimum Gasteiger partial charge on any atom is -0.295 e. The molecule has 0 atom stereocenters. The molecule has 0 unspecified atom stereocenters. The van der Waals surface area contributed by atoms with Gasteiger partial charge in [0.1, 0.15) is 0 Å². The first kappa shape index (κ1) is 13.4. The SMILES string of the molecule is N#CCCN(Cc1cccc([N+](=O)[O-])c1F)C1CC1. The third-order valence-electron chi connectivity index (χ3n) is 3.20. The van der Waals surface area contributed by atoms with Crippen LogP contribution in [0.4, 0.5) is 10.1 Å². The van der Waals surface area contributed by atoms with Crippen LogP contribution in [0.15, 0.2) is 18.2 Å². The van der Waals surface area contributed by atoms with Gasteiger partial charge in [-0.2, -0.15) is 9.65 Å². The van der Waals surface area contributed by atoms with Gasteiger partial charge in [-0.15, -0.1) is 0 Å². The quantitative estimate of drug-likeness (QED) is 0.584. The maximum absolute atomic E-state index is 14.0. The Labute approximate surface area is 110 Å². The second-order valence-electron chi connectivity index (χ2n) is 4.62. The second-order valence-corrected chi connectivity index (χ2v) is 4.62. The van der Waals surface area contributed by atoms with Crippen LogP contribution in [-0.4, -0.2) is 22.4 Å². The summed E-state index contributed by atoms with van der Waals surface area (Å²) in [5.41, 5.74) is -0.174. The molecule has 1 saturated carbocycles. The minimum absolute atomic E-state index is 0.319. The third kappa shape index (κ3) is 3.26. The molecule has 0 spiro atoms. The van der Waals surface area contributed by atoms with Gasteiger partial charge in [-0.05, 0) is 12.8 Å². The van der Waals surface area contributed by atoms with Gasteiger partial charge >= 0.3 is 5.69 Å². The Kier molecular flexibility index (Phi) is 4.07. The molecule has 0 heterocycles. The molecule has 100 valence electrons. The molecule has 0 aromatic heterocycles. The van der Waals surface area contributed by atoms with Gasteiger partial charge in [0, 0.05) is 37.2 Å². The van der Waals surface area contributed by atoms with E-state index in [2.05, 4.69) is 6.07 Å². The molecule has 19 heavy (non-hydrogen) atoms. The van der Waals surface area contributed by atoms with E-state index >= 15 is 0 Å². The van der Waals surface area contributed by atoms with E-state index < -0.39 is 16.4 Å². The van der Waals surface area contributed by atoms with Crippen LogP contribution >= 0.6 is 0 Å². The van der Waals surface area contributed by atoms with Crippen molar-refractivity contribution in [1.82, 2.24) is 4.90 Å². The van der Waals surface area contributed by atoms with Crippen molar-refractivity contribution in [3.8, 4) is 6.07 Å². The second kappa shape index (κ2) is 5.76. The normalized spacial score (nSPS) is 14.4. The highest BCUT2D eigenvalue weighted by Gasteiger charge is 2.30. The minimum atomic E-state index is -0.768. The van der Waals surface area contributed by atoms with E-state index in [1.54, 1.807) is 6.07 Å². The van der Waals surface area contributed by atoms with Crippen LogP contribution in [0.5, 0.6) is 0 Å². The fourth-order valence-electron chi connectivity index (χ4n) is 2.07. The highest BCUT2D eigenvalue weighted by molar-refractivity contribution is 5.36. The summed E-state index contributed by atoms with van der Waals surface area (Å²) in [6.45, 7) is 0.892. The van der Waals surface area contributed by atoms with Crippen molar-refractivity contribution in [3.05, 3.63) is 39.7 Å². The number of hydrogen-bond donors (Lipinski definition) is 0. The van der Waals surface area contributed by atoms with Crippen LogP contribution < -0.4 is 0 Å². The standard InChI is InChI=1S/C13H14FN3O2/c14-13-10(3-1-4-12(13)17(18)19)9-16(8-2-7-15)11-5-6-11/h1,3-4,11H,2,5-6,8-9H2. The summed E-state index contributed by atoms with van der Waals surface area (Å²) in [6.07, 6.45) is 2.47. The van der Waals surface area contributed by atoms with Gasteiger partial charge in [-0.1, -0.05) is 12.1 Å². The largest absolute Gasteiger partial charge is 0.305 e. The van der Waals surface area contributed by atoms with E-state index in [9.17, 15) is 14.5 Å². The number of benzene rings is 1. The molecule has 0 bridgehead atoms. The Morgan fingerprint density at radius 2 is 2.26 bits per heavy atom. The average molecular weight is 263 g/mol. The molecule has 0 N–H and O–H groups in total. The van der Waals surface area contributed by atoms with Gasteiger partial charge in [0.2, 0.25) is 5.82 Å². The summed E-state index contributed by atoms with van der Waals surface area (Å²) >= 11 is 0. The molecule has 5 nitrogen and oxygen atoms in total. The van der Waals surface area contributed by atoms with Gasteiger partial charge in [0.25, 0.3) is 0 Å². The van der Waals surface area contributed by atoms with Crippen molar-refractivity contribution in [1.29, 1.82) is 5.26 Å². The van der Waals surface area contributed by atoms with Crippen LogP contribution in [0, 0.1) is 27.3 Å². The molecule has 1 fully saturated rings. The zero-order valence-corrected chi connectivity index (χ0v) is 10.4. The van der Waals surface area contributed by atoms with Crippen molar-refractivity contribution in [2.24, 2.45) is 0 Å². The third-order valence-corrected chi connectivity index (χ3v) is 3.20. The molecule has 1 aliphatic carbocycles. The summed E-state index contributed by atoms with van der Waals surface area (Å²) in [7, 11) is 0. The van der Waals surface area contributed by atoms with E-state index in [0.29, 0.717) is 31.1 Å². The smallest absolute Gasteiger partial charge is 0.295 e. The van der Waals surface area contributed by atoms with Gasteiger partial charge in [0.15, 0.2) is 0 Å². The maximum atomic E-state index is 14.0. The number of halogens is 1. The molecule has 2 rings (SSSR count). The van der Waals surface area contributed by atoms with Gasteiger partial charge in [-0.25, -0.2) is 0 Å².